The molecule has 1 aliphatic heterocycles. The number of ether oxygens (including phenoxy) is 1. The number of carbonyl (C=O) groups excluding carboxylic acids is 1. The van der Waals surface area contributed by atoms with E-state index in [9.17, 15) is 48.7 Å². The maximum absolute atomic E-state index is 15.6. The van der Waals surface area contributed by atoms with Crippen molar-refractivity contribution in [2.24, 2.45) is 5.92 Å². The monoisotopic (exact) mass is 537 g/mol. The van der Waals surface area contributed by atoms with Crippen molar-refractivity contribution in [1.29, 1.82) is 0 Å². The third kappa shape index (κ3) is 3.88. The van der Waals surface area contributed by atoms with Crippen molar-refractivity contribution in [3.05, 3.63) is 35.9 Å². The Kier molecular flexibility index (Phi) is 7.22. The third-order valence-electron chi connectivity index (χ3n) is 5.03. The largest absolute Gasteiger partial charge is 0.466 e. The highest BCUT2D eigenvalue weighted by atomic mass is 35.5. The number of alkyl halides is 12. The average Bonchev–Trinajstić information content (AvgIpc) is 2.99. The lowest BCUT2D eigenvalue weighted by atomic mass is 9.81. The minimum atomic E-state index is -7.64. The van der Waals surface area contributed by atoms with E-state index in [1.54, 1.807) is 0 Å². The summed E-state index contributed by atoms with van der Waals surface area (Å²) < 4.78 is 159. The SMILES string of the molecule is CCOC(=O)[C@@H]1[C@@H](c2ccccc2)N(C)O[C@@]1(F)C(F)(F)C(F)(F)C(F)(F)C(F)(F)C(F)(F)Cl. The summed E-state index contributed by atoms with van der Waals surface area (Å²) in [6.45, 7) is 0.462. The van der Waals surface area contributed by atoms with E-state index in [0.29, 0.717) is 7.05 Å². The quantitative estimate of drug-likeness (QED) is 0.238. The summed E-state index contributed by atoms with van der Waals surface area (Å²) in [6, 6.07) is 4.03. The smallest absolute Gasteiger partial charge is 0.393 e. The standard InChI is InChI=1S/C18H15ClF11NO3/c1-3-33-12(32)10-11(9-7-5-4-6-8-9)31(2)34-13(10,20)14(21,22)15(23,24)16(25,26)17(27,28)18(19,29)30/h4-8,10-11H,3H2,1-2H3/t10-,11+,13+/m0/s1. The van der Waals surface area contributed by atoms with E-state index in [0.717, 1.165) is 19.1 Å². The Morgan fingerprint density at radius 2 is 1.50 bits per heavy atom. The van der Waals surface area contributed by atoms with Crippen molar-refractivity contribution in [2.75, 3.05) is 13.7 Å². The van der Waals surface area contributed by atoms with Crippen molar-refractivity contribution in [3.63, 3.8) is 0 Å². The molecule has 1 aromatic rings. The summed E-state index contributed by atoms with van der Waals surface area (Å²) in [6.07, 6.45) is 0. The van der Waals surface area contributed by atoms with Gasteiger partial charge in [0.2, 0.25) is 0 Å². The zero-order chi connectivity index (χ0) is 26.5. The average molecular weight is 538 g/mol. The van der Waals surface area contributed by atoms with Crippen molar-refractivity contribution in [3.8, 4) is 0 Å². The Labute approximate surface area is 189 Å². The molecule has 4 nitrogen and oxygen atoms in total. The van der Waals surface area contributed by atoms with Crippen LogP contribution in [-0.2, 0) is 14.4 Å². The number of esters is 1. The molecule has 1 heterocycles. The Balaban J connectivity index is 2.72. The van der Waals surface area contributed by atoms with Gasteiger partial charge >= 0.3 is 40.9 Å². The molecule has 0 aromatic heterocycles. The molecule has 0 amide bonds. The van der Waals surface area contributed by atoms with Gasteiger partial charge in [-0.3, -0.25) is 9.63 Å². The first-order valence-electron chi connectivity index (χ1n) is 9.12. The molecule has 1 aliphatic rings. The molecule has 0 aliphatic carbocycles. The Morgan fingerprint density at radius 3 is 1.94 bits per heavy atom. The van der Waals surface area contributed by atoms with Gasteiger partial charge in [0.25, 0.3) is 0 Å². The molecule has 2 rings (SSSR count). The van der Waals surface area contributed by atoms with Gasteiger partial charge in [-0.1, -0.05) is 30.3 Å². The molecular weight excluding hydrogens is 523 g/mol. The van der Waals surface area contributed by atoms with Crippen LogP contribution in [-0.4, -0.2) is 59.6 Å². The van der Waals surface area contributed by atoms with Crippen LogP contribution in [0.5, 0.6) is 0 Å². The topological polar surface area (TPSA) is 38.8 Å². The lowest BCUT2D eigenvalue weighted by molar-refractivity contribution is -0.441. The number of hydroxylamine groups is 2. The summed E-state index contributed by atoms with van der Waals surface area (Å²) in [7, 11) is 0.652. The van der Waals surface area contributed by atoms with E-state index in [-0.39, 0.29) is 10.6 Å². The van der Waals surface area contributed by atoms with Gasteiger partial charge in [0, 0.05) is 7.05 Å². The van der Waals surface area contributed by atoms with Gasteiger partial charge in [0.1, 0.15) is 5.92 Å². The molecule has 1 fully saturated rings. The molecule has 34 heavy (non-hydrogen) atoms. The molecule has 1 aromatic carbocycles. The van der Waals surface area contributed by atoms with Gasteiger partial charge < -0.3 is 4.74 Å². The zero-order valence-electron chi connectivity index (χ0n) is 17.0. The lowest BCUT2D eigenvalue weighted by Crippen LogP contribution is -2.72. The second-order valence-electron chi connectivity index (χ2n) is 7.16. The fourth-order valence-electron chi connectivity index (χ4n) is 3.34. The predicted octanol–water partition coefficient (Wildman–Crippen LogP) is 5.82. The highest BCUT2D eigenvalue weighted by molar-refractivity contribution is 6.22. The van der Waals surface area contributed by atoms with Crippen LogP contribution in [0.2, 0.25) is 0 Å². The number of halogens is 12. The molecule has 0 saturated carbocycles. The second-order valence-corrected chi connectivity index (χ2v) is 7.64. The van der Waals surface area contributed by atoms with Crippen LogP contribution < -0.4 is 0 Å². The van der Waals surface area contributed by atoms with E-state index in [4.69, 9.17) is 0 Å². The molecule has 0 spiro atoms. The first kappa shape index (κ1) is 28.4. The highest BCUT2D eigenvalue weighted by Gasteiger charge is 2.92. The van der Waals surface area contributed by atoms with Crippen molar-refractivity contribution in [2.45, 2.75) is 47.9 Å². The summed E-state index contributed by atoms with van der Waals surface area (Å²) in [5.41, 5.74) is -0.230. The summed E-state index contributed by atoms with van der Waals surface area (Å²) in [5.74, 6) is -40.2. The second kappa shape index (κ2) is 8.66. The minimum absolute atomic E-state index is 0.0906. The van der Waals surface area contributed by atoms with E-state index in [1.807, 2.05) is 0 Å². The number of nitrogens with zero attached hydrogens (tertiary/aromatic N) is 1. The Bertz CT molecular complexity index is 897. The zero-order valence-corrected chi connectivity index (χ0v) is 17.7. The lowest BCUT2D eigenvalue weighted by Gasteiger charge is -2.42. The first-order valence-corrected chi connectivity index (χ1v) is 9.50. The maximum Gasteiger partial charge on any atom is 0.393 e. The van der Waals surface area contributed by atoms with E-state index < -0.39 is 59.5 Å². The van der Waals surface area contributed by atoms with Crippen LogP contribution in [0.15, 0.2) is 30.3 Å². The van der Waals surface area contributed by atoms with Crippen molar-refractivity contribution < 1.29 is 62.7 Å². The Morgan fingerprint density at radius 1 is 1.00 bits per heavy atom. The first-order chi connectivity index (χ1) is 15.2. The fourth-order valence-corrected chi connectivity index (χ4v) is 3.46. The Hall–Kier alpha value is -1.87. The third-order valence-corrected chi connectivity index (χ3v) is 5.27. The highest BCUT2D eigenvalue weighted by Crippen LogP contribution is 2.64. The number of rotatable bonds is 8. The molecule has 16 heteroatoms. The van der Waals surface area contributed by atoms with Crippen LogP contribution in [0, 0.1) is 5.92 Å². The molecule has 0 radical (unpaired) electrons. The van der Waals surface area contributed by atoms with Crippen molar-refractivity contribution in [1.82, 2.24) is 5.06 Å². The normalized spacial score (nSPS) is 25.5. The molecular formula is C18H15ClF11NO3. The molecule has 194 valence electrons. The summed E-state index contributed by atoms with van der Waals surface area (Å²) in [4.78, 5) is 16.4. The van der Waals surface area contributed by atoms with Crippen LogP contribution in [0.25, 0.3) is 0 Å². The van der Waals surface area contributed by atoms with Crippen molar-refractivity contribution >= 4 is 17.6 Å². The van der Waals surface area contributed by atoms with Gasteiger partial charge in [0.15, 0.2) is 0 Å². The van der Waals surface area contributed by atoms with E-state index in [2.05, 4.69) is 21.2 Å². The predicted molar refractivity (Wildman–Crippen MR) is 92.6 cm³/mol. The van der Waals surface area contributed by atoms with Crippen LogP contribution in [0.3, 0.4) is 0 Å². The summed E-state index contributed by atoms with van der Waals surface area (Å²) >= 11 is 3.76. The van der Waals surface area contributed by atoms with Gasteiger partial charge in [-0.05, 0) is 24.1 Å². The minimum Gasteiger partial charge on any atom is -0.466 e. The summed E-state index contributed by atoms with van der Waals surface area (Å²) in [5, 5.41) is -6.37. The van der Waals surface area contributed by atoms with Crippen LogP contribution in [0.1, 0.15) is 18.5 Å². The number of hydrogen-bond donors (Lipinski definition) is 0. The number of hydrogen-bond acceptors (Lipinski definition) is 4. The van der Waals surface area contributed by atoms with Crippen LogP contribution in [0.4, 0.5) is 48.3 Å². The number of carbonyl (C=O) groups is 1. The molecule has 1 saturated heterocycles. The maximum atomic E-state index is 15.6. The fraction of sp³-hybridized carbons (Fsp3) is 0.611. The van der Waals surface area contributed by atoms with Gasteiger partial charge in [-0.25, -0.2) is 4.39 Å². The van der Waals surface area contributed by atoms with Gasteiger partial charge in [-0.15, -0.1) is 0 Å². The van der Waals surface area contributed by atoms with E-state index >= 15 is 4.39 Å². The molecule has 0 unspecified atom stereocenters. The van der Waals surface area contributed by atoms with Crippen LogP contribution >= 0.6 is 11.6 Å². The number of benzene rings is 1. The van der Waals surface area contributed by atoms with Gasteiger partial charge in [-0.2, -0.15) is 49.0 Å². The molecule has 3 atom stereocenters. The van der Waals surface area contributed by atoms with Gasteiger partial charge in [0.05, 0.1) is 12.6 Å². The van der Waals surface area contributed by atoms with E-state index in [1.165, 1.54) is 18.2 Å². The molecule has 0 N–H and O–H groups in total. The molecule has 0 bridgehead atoms.